The van der Waals surface area contributed by atoms with Crippen LogP contribution in [0.15, 0.2) is 30.3 Å². The smallest absolute Gasteiger partial charge is 0.271 e. The van der Waals surface area contributed by atoms with Crippen LogP contribution in [0.5, 0.6) is 0 Å². The predicted octanol–water partition coefficient (Wildman–Crippen LogP) is 5.48. The number of anilines is 1. The number of hydrogen-bond acceptors (Lipinski definition) is 3. The number of aryl methyl sites for hydroxylation is 1. The average molecular weight is 346 g/mol. The van der Waals surface area contributed by atoms with Crippen molar-refractivity contribution in [2.75, 3.05) is 5.32 Å². The Hall–Kier alpha value is -1.49. The number of nitro benzene ring substituents is 1. The molecule has 0 spiro atoms. The van der Waals surface area contributed by atoms with Crippen molar-refractivity contribution in [2.24, 2.45) is 0 Å². The van der Waals surface area contributed by atoms with E-state index in [9.17, 15) is 10.1 Å². The maximum absolute atomic E-state index is 10.8. The van der Waals surface area contributed by atoms with Gasteiger partial charge in [-0.25, -0.2) is 0 Å². The summed E-state index contributed by atoms with van der Waals surface area (Å²) in [6.07, 6.45) is 0. The number of nitrogens with one attached hydrogen (secondary N) is 1. The molecule has 0 atom stereocenters. The summed E-state index contributed by atoms with van der Waals surface area (Å²) in [6, 6.07) is 7.89. The number of halogens is 3. The Morgan fingerprint density at radius 2 is 1.81 bits per heavy atom. The summed E-state index contributed by atoms with van der Waals surface area (Å²) >= 11 is 18.2. The Morgan fingerprint density at radius 3 is 2.48 bits per heavy atom. The quantitative estimate of drug-likeness (QED) is 0.454. The lowest BCUT2D eigenvalue weighted by Crippen LogP contribution is -2.03. The number of hydrogen-bond donors (Lipinski definition) is 1. The topological polar surface area (TPSA) is 55.2 Å². The van der Waals surface area contributed by atoms with Gasteiger partial charge in [0.2, 0.25) is 0 Å². The van der Waals surface area contributed by atoms with Gasteiger partial charge >= 0.3 is 0 Å². The molecule has 0 aromatic heterocycles. The van der Waals surface area contributed by atoms with Crippen molar-refractivity contribution in [3.63, 3.8) is 0 Å². The Balaban J connectivity index is 2.26. The first-order chi connectivity index (χ1) is 9.90. The molecule has 0 amide bonds. The Kier molecular flexibility index (Phi) is 4.93. The molecule has 0 heterocycles. The minimum absolute atomic E-state index is 0.0198. The maximum atomic E-state index is 10.8. The monoisotopic (exact) mass is 344 g/mol. The van der Waals surface area contributed by atoms with E-state index in [0.29, 0.717) is 32.9 Å². The zero-order valence-corrected chi connectivity index (χ0v) is 13.3. The van der Waals surface area contributed by atoms with E-state index in [1.807, 2.05) is 6.92 Å². The van der Waals surface area contributed by atoms with Gasteiger partial charge in [-0.2, -0.15) is 0 Å². The van der Waals surface area contributed by atoms with Gasteiger partial charge in [0.1, 0.15) is 0 Å². The highest BCUT2D eigenvalue weighted by Crippen LogP contribution is 2.32. The van der Waals surface area contributed by atoms with E-state index in [0.717, 1.165) is 5.56 Å². The molecule has 2 aromatic carbocycles. The molecule has 4 nitrogen and oxygen atoms in total. The zero-order chi connectivity index (χ0) is 15.6. The van der Waals surface area contributed by atoms with Crippen LogP contribution in [-0.2, 0) is 6.54 Å². The first-order valence-electron chi connectivity index (χ1n) is 6.01. The molecule has 0 aliphatic rings. The number of nitro groups is 1. The van der Waals surface area contributed by atoms with Crippen LogP contribution < -0.4 is 5.32 Å². The molecule has 0 aliphatic heterocycles. The van der Waals surface area contributed by atoms with Crippen LogP contribution in [0.25, 0.3) is 0 Å². The van der Waals surface area contributed by atoms with Crippen LogP contribution in [0.1, 0.15) is 11.1 Å². The van der Waals surface area contributed by atoms with Gasteiger partial charge < -0.3 is 5.32 Å². The lowest BCUT2D eigenvalue weighted by atomic mass is 10.1. The van der Waals surface area contributed by atoms with Crippen LogP contribution in [0, 0.1) is 17.0 Å². The van der Waals surface area contributed by atoms with Crippen LogP contribution in [0.4, 0.5) is 11.4 Å². The molecule has 0 radical (unpaired) electrons. The van der Waals surface area contributed by atoms with Gasteiger partial charge in [0.15, 0.2) is 0 Å². The van der Waals surface area contributed by atoms with Crippen molar-refractivity contribution in [1.29, 1.82) is 0 Å². The van der Waals surface area contributed by atoms with E-state index >= 15 is 0 Å². The number of non-ortho nitro benzene ring substituents is 1. The first-order valence-corrected chi connectivity index (χ1v) is 7.15. The van der Waals surface area contributed by atoms with Crippen LogP contribution >= 0.6 is 34.8 Å². The molecule has 2 aromatic rings. The van der Waals surface area contributed by atoms with Gasteiger partial charge in [-0.3, -0.25) is 10.1 Å². The third kappa shape index (κ3) is 3.59. The van der Waals surface area contributed by atoms with Crippen molar-refractivity contribution < 1.29 is 4.92 Å². The van der Waals surface area contributed by atoms with Gasteiger partial charge in [0, 0.05) is 35.0 Å². The molecular formula is C14H11Cl3N2O2. The van der Waals surface area contributed by atoms with Crippen LogP contribution in [0.3, 0.4) is 0 Å². The SMILES string of the molecule is Cc1ccc([N+](=O)[O-])cc1NCc1c(Cl)ccc(Cl)c1Cl. The standard InChI is InChI=1S/C14H11Cl3N2O2/c1-8-2-3-9(19(20)21)6-13(8)18-7-10-11(15)4-5-12(16)14(10)17/h2-6,18H,7H2,1H3. The van der Waals surface area contributed by atoms with Crippen molar-refractivity contribution in [2.45, 2.75) is 13.5 Å². The van der Waals surface area contributed by atoms with Crippen molar-refractivity contribution in [3.05, 3.63) is 66.6 Å². The zero-order valence-electron chi connectivity index (χ0n) is 11.0. The fourth-order valence-electron chi connectivity index (χ4n) is 1.83. The van der Waals surface area contributed by atoms with E-state index < -0.39 is 4.92 Å². The molecule has 0 saturated heterocycles. The maximum Gasteiger partial charge on any atom is 0.271 e. The van der Waals surface area contributed by atoms with Crippen molar-refractivity contribution in [1.82, 2.24) is 0 Å². The van der Waals surface area contributed by atoms with E-state index in [1.165, 1.54) is 12.1 Å². The lowest BCUT2D eigenvalue weighted by molar-refractivity contribution is -0.384. The second kappa shape index (κ2) is 6.52. The molecule has 0 fully saturated rings. The van der Waals surface area contributed by atoms with E-state index in [-0.39, 0.29) is 5.69 Å². The summed E-state index contributed by atoms with van der Waals surface area (Å²) in [7, 11) is 0. The lowest BCUT2D eigenvalue weighted by Gasteiger charge is -2.12. The van der Waals surface area contributed by atoms with Crippen molar-refractivity contribution >= 4 is 46.2 Å². The second-order valence-electron chi connectivity index (χ2n) is 4.43. The summed E-state index contributed by atoms with van der Waals surface area (Å²) in [5.74, 6) is 0. The molecule has 21 heavy (non-hydrogen) atoms. The normalized spacial score (nSPS) is 10.5. The Labute approximate surface area is 136 Å². The predicted molar refractivity (Wildman–Crippen MR) is 86.6 cm³/mol. The number of nitrogens with zero attached hydrogens (tertiary/aromatic N) is 1. The molecule has 2 rings (SSSR count). The van der Waals surface area contributed by atoms with E-state index in [1.54, 1.807) is 18.2 Å². The summed E-state index contributed by atoms with van der Waals surface area (Å²) in [4.78, 5) is 10.4. The van der Waals surface area contributed by atoms with Crippen LogP contribution in [0.2, 0.25) is 15.1 Å². The highest BCUT2D eigenvalue weighted by molar-refractivity contribution is 6.44. The molecule has 1 N–H and O–H groups in total. The summed E-state index contributed by atoms with van der Waals surface area (Å²) < 4.78 is 0. The largest absolute Gasteiger partial charge is 0.380 e. The highest BCUT2D eigenvalue weighted by Gasteiger charge is 2.12. The van der Waals surface area contributed by atoms with Gasteiger partial charge in [-0.15, -0.1) is 0 Å². The summed E-state index contributed by atoms with van der Waals surface area (Å²) in [5, 5.41) is 15.2. The first kappa shape index (κ1) is 15.9. The van der Waals surface area contributed by atoms with Crippen molar-refractivity contribution in [3.8, 4) is 0 Å². The summed E-state index contributed by atoms with van der Waals surface area (Å²) in [5.41, 5.74) is 2.20. The fourth-order valence-corrected chi connectivity index (χ4v) is 2.51. The van der Waals surface area contributed by atoms with Gasteiger partial charge in [0.25, 0.3) is 5.69 Å². The Morgan fingerprint density at radius 1 is 1.14 bits per heavy atom. The average Bonchev–Trinajstić information content (AvgIpc) is 2.44. The number of benzene rings is 2. The molecule has 7 heteroatoms. The van der Waals surface area contributed by atoms with E-state index in [4.69, 9.17) is 34.8 Å². The minimum Gasteiger partial charge on any atom is -0.380 e. The molecule has 0 saturated carbocycles. The molecule has 0 aliphatic carbocycles. The fraction of sp³-hybridized carbons (Fsp3) is 0.143. The number of rotatable bonds is 4. The summed E-state index contributed by atoms with van der Waals surface area (Å²) in [6.45, 7) is 2.17. The Bertz CT molecular complexity index is 705. The van der Waals surface area contributed by atoms with Gasteiger partial charge in [-0.05, 0) is 24.6 Å². The molecule has 0 bridgehead atoms. The minimum atomic E-state index is -0.441. The van der Waals surface area contributed by atoms with Crippen LogP contribution in [-0.4, -0.2) is 4.92 Å². The second-order valence-corrected chi connectivity index (χ2v) is 5.62. The van der Waals surface area contributed by atoms with E-state index in [2.05, 4.69) is 5.32 Å². The van der Waals surface area contributed by atoms with Gasteiger partial charge in [-0.1, -0.05) is 40.9 Å². The molecule has 110 valence electrons. The third-order valence-corrected chi connectivity index (χ3v) is 4.22. The molecule has 0 unspecified atom stereocenters. The molecular weight excluding hydrogens is 335 g/mol. The third-order valence-electron chi connectivity index (χ3n) is 3.03. The highest BCUT2D eigenvalue weighted by atomic mass is 35.5. The van der Waals surface area contributed by atoms with Gasteiger partial charge in [0.05, 0.1) is 15.0 Å².